The SMILES string of the molecule is Cc1cc(-c2scnc2C)ccc1CNC(=O)[C@@H]1C[C@@H](O)CN1C(=O)[C@@H](NC(=O)COCC#CCOc1ccc(C(=O)NC2C(C)(C)C(Oc3ccc(C#N)c(Cl)c3)C2(C)C)cc1)C(C)(C)C. The van der Waals surface area contributed by atoms with Crippen LogP contribution in [0.4, 0.5) is 0 Å². The Hall–Kier alpha value is -5.97. The Morgan fingerprint density at radius 1 is 0.985 bits per heavy atom. The predicted octanol–water partition coefficient (Wildman–Crippen LogP) is 6.77. The van der Waals surface area contributed by atoms with Gasteiger partial charge < -0.3 is 40.2 Å². The minimum absolute atomic E-state index is 0.0353. The van der Waals surface area contributed by atoms with E-state index in [9.17, 15) is 29.5 Å². The molecular weight excluding hydrogens is 892 g/mol. The van der Waals surface area contributed by atoms with Crippen LogP contribution in [0.5, 0.6) is 11.5 Å². The monoisotopic (exact) mass is 950 g/mol. The largest absolute Gasteiger partial charge is 0.489 e. The topological polar surface area (TPSA) is 192 Å². The van der Waals surface area contributed by atoms with Gasteiger partial charge >= 0.3 is 0 Å². The van der Waals surface area contributed by atoms with Crippen LogP contribution in [0.25, 0.3) is 10.4 Å². The summed E-state index contributed by atoms with van der Waals surface area (Å²) in [7, 11) is 0. The number of thiazole rings is 1. The molecule has 1 saturated heterocycles. The third-order valence-electron chi connectivity index (χ3n) is 12.5. The highest BCUT2D eigenvalue weighted by molar-refractivity contribution is 7.13. The third kappa shape index (κ3) is 11.8. The molecule has 2 aliphatic rings. The van der Waals surface area contributed by atoms with E-state index in [0.717, 1.165) is 27.3 Å². The van der Waals surface area contributed by atoms with Crippen molar-refractivity contribution in [2.75, 3.05) is 26.4 Å². The van der Waals surface area contributed by atoms with Gasteiger partial charge in [-0.25, -0.2) is 4.98 Å². The van der Waals surface area contributed by atoms with Gasteiger partial charge in [0.05, 0.1) is 32.8 Å². The lowest BCUT2D eigenvalue weighted by atomic mass is 9.49. The van der Waals surface area contributed by atoms with Crippen LogP contribution in [-0.2, 0) is 25.7 Å². The molecule has 4 aromatic rings. The number of β-amino-alcohol motifs (C(OH)–C–C–N with tert-alkyl or cyclic N) is 1. The molecule has 1 aliphatic heterocycles. The zero-order valence-corrected chi connectivity index (χ0v) is 41.0. The molecule has 2 fully saturated rings. The molecule has 0 radical (unpaired) electrons. The Labute approximate surface area is 401 Å². The van der Waals surface area contributed by atoms with Gasteiger partial charge in [-0.05, 0) is 72.4 Å². The predicted molar refractivity (Wildman–Crippen MR) is 256 cm³/mol. The number of hydrogen-bond acceptors (Lipinski definition) is 11. The van der Waals surface area contributed by atoms with E-state index in [2.05, 4.69) is 38.8 Å². The van der Waals surface area contributed by atoms with Crippen molar-refractivity contribution in [1.82, 2.24) is 25.8 Å². The average molecular weight is 952 g/mol. The summed E-state index contributed by atoms with van der Waals surface area (Å²) < 4.78 is 17.5. The number of hydrogen-bond donors (Lipinski definition) is 4. The van der Waals surface area contributed by atoms with E-state index in [1.165, 1.54) is 4.90 Å². The highest BCUT2D eigenvalue weighted by Crippen LogP contribution is 2.55. The molecule has 67 heavy (non-hydrogen) atoms. The van der Waals surface area contributed by atoms with Gasteiger partial charge in [0, 0.05) is 48.0 Å². The van der Waals surface area contributed by atoms with Gasteiger partial charge in [-0.2, -0.15) is 5.26 Å². The van der Waals surface area contributed by atoms with Gasteiger partial charge in [0.2, 0.25) is 17.7 Å². The summed E-state index contributed by atoms with van der Waals surface area (Å²) >= 11 is 7.80. The van der Waals surface area contributed by atoms with Gasteiger partial charge in [0.25, 0.3) is 5.91 Å². The Morgan fingerprint density at radius 3 is 2.30 bits per heavy atom. The maximum Gasteiger partial charge on any atom is 0.251 e. The van der Waals surface area contributed by atoms with E-state index < -0.39 is 46.2 Å². The minimum atomic E-state index is -1.00. The van der Waals surface area contributed by atoms with Gasteiger partial charge in [-0.1, -0.05) is 90.1 Å². The number of carbonyl (C=O) groups is 4. The lowest BCUT2D eigenvalue weighted by molar-refractivity contribution is -0.164. The summed E-state index contributed by atoms with van der Waals surface area (Å²) in [5.74, 6) is 5.10. The molecule has 1 saturated carbocycles. The molecule has 4 N–H and O–H groups in total. The Bertz CT molecular complexity index is 2570. The first-order valence-corrected chi connectivity index (χ1v) is 23.4. The van der Waals surface area contributed by atoms with Crippen molar-refractivity contribution in [3.63, 3.8) is 0 Å². The number of nitrogens with zero attached hydrogens (tertiary/aromatic N) is 3. The normalized spacial score (nSPS) is 19.7. The smallest absolute Gasteiger partial charge is 0.251 e. The van der Waals surface area contributed by atoms with Crippen molar-refractivity contribution in [1.29, 1.82) is 5.26 Å². The van der Waals surface area contributed by atoms with Crippen LogP contribution in [0.15, 0.2) is 66.2 Å². The molecule has 354 valence electrons. The summed E-state index contributed by atoms with van der Waals surface area (Å²) in [4.78, 5) is 60.7. The molecule has 0 spiro atoms. The molecule has 1 aromatic heterocycles. The van der Waals surface area contributed by atoms with Crippen molar-refractivity contribution < 1.29 is 38.5 Å². The number of nitrogens with one attached hydrogen (secondary N) is 3. The number of aromatic nitrogens is 1. The molecule has 16 heteroatoms. The molecule has 3 aromatic carbocycles. The lowest BCUT2D eigenvalue weighted by Gasteiger charge is -2.63. The number of rotatable bonds is 15. The lowest BCUT2D eigenvalue weighted by Crippen LogP contribution is -2.74. The Morgan fingerprint density at radius 2 is 1.67 bits per heavy atom. The molecule has 0 unspecified atom stereocenters. The molecule has 2 heterocycles. The third-order valence-corrected chi connectivity index (χ3v) is 13.8. The maximum absolute atomic E-state index is 14.0. The number of benzene rings is 3. The highest BCUT2D eigenvalue weighted by Gasteiger charge is 2.64. The summed E-state index contributed by atoms with van der Waals surface area (Å²) in [6, 6.07) is 17.7. The molecular formula is C51H59ClN6O8S. The number of aryl methyl sites for hydroxylation is 2. The van der Waals surface area contributed by atoms with Crippen molar-refractivity contribution in [2.24, 2.45) is 16.2 Å². The molecule has 14 nitrogen and oxygen atoms in total. The van der Waals surface area contributed by atoms with Crippen molar-refractivity contribution in [3.05, 3.63) is 99.1 Å². The molecule has 6 rings (SSSR count). The van der Waals surface area contributed by atoms with Crippen LogP contribution >= 0.6 is 22.9 Å². The fourth-order valence-corrected chi connectivity index (χ4v) is 10.2. The number of carbonyl (C=O) groups excluding carboxylic acids is 4. The average Bonchev–Trinajstić information content (AvgIpc) is 3.90. The van der Waals surface area contributed by atoms with Crippen LogP contribution in [-0.4, -0.2) is 95.3 Å². The number of ether oxygens (including phenoxy) is 3. The fourth-order valence-electron chi connectivity index (χ4n) is 9.17. The quantitative estimate of drug-likeness (QED) is 0.0731. The van der Waals surface area contributed by atoms with Crippen molar-refractivity contribution >= 4 is 46.6 Å². The number of aliphatic hydroxyl groups excluding tert-OH is 1. The maximum atomic E-state index is 14.0. The van der Waals surface area contributed by atoms with E-state index in [1.807, 2.05) is 86.0 Å². The van der Waals surface area contributed by atoms with Crippen molar-refractivity contribution in [2.45, 2.75) is 106 Å². The summed E-state index contributed by atoms with van der Waals surface area (Å²) in [5.41, 5.74) is 5.04. The van der Waals surface area contributed by atoms with Gasteiger partial charge in [-0.3, -0.25) is 19.2 Å². The van der Waals surface area contributed by atoms with Crippen LogP contribution < -0.4 is 25.4 Å². The Kier molecular flexibility index (Phi) is 15.7. The van der Waals surface area contributed by atoms with Crippen LogP contribution in [0.1, 0.15) is 87.6 Å². The zero-order chi connectivity index (χ0) is 48.8. The van der Waals surface area contributed by atoms with E-state index in [4.69, 9.17) is 25.8 Å². The second-order valence-electron chi connectivity index (χ2n) is 19.3. The first kappa shape index (κ1) is 50.4. The number of halogens is 1. The first-order chi connectivity index (χ1) is 31.6. The van der Waals surface area contributed by atoms with E-state index >= 15 is 0 Å². The first-order valence-electron chi connectivity index (χ1n) is 22.1. The minimum Gasteiger partial charge on any atom is -0.489 e. The van der Waals surface area contributed by atoms with Crippen LogP contribution in [0, 0.1) is 53.3 Å². The molecule has 1 aliphatic carbocycles. The number of nitriles is 1. The number of aliphatic hydroxyl groups is 1. The van der Waals surface area contributed by atoms with E-state index in [0.29, 0.717) is 27.6 Å². The van der Waals surface area contributed by atoms with Crippen molar-refractivity contribution in [3.8, 4) is 39.8 Å². The number of amides is 4. The molecule has 4 amide bonds. The standard InChI is InChI=1S/C51H59ClN6O8S/c1-30-22-33(42-31(2)55-29-67-42)12-13-35(30)26-54-45(62)40-23-36(59)27-58(40)46(63)43(49(3,4)5)56-41(60)28-64-20-10-11-21-65-37-17-14-32(15-18-37)44(61)57-47-50(6,7)48(51(47,8)9)66-38-19-16-34(25-53)39(52)24-38/h12-19,22,24,29,36,40,43,47-48,59H,20-21,23,26-28H2,1-9H3,(H,54,62)(H,56,60)(H,57,61)/t36-,40+,43-,47?,48?/m1/s1. The van der Waals surface area contributed by atoms with E-state index in [1.54, 1.807) is 53.8 Å². The Balaban J connectivity index is 0.929. The van der Waals surface area contributed by atoms with Crippen LogP contribution in [0.3, 0.4) is 0 Å². The fraction of sp³-hybridized carbons (Fsp3) is 0.451. The second-order valence-corrected chi connectivity index (χ2v) is 20.6. The second kappa shape index (κ2) is 20.9. The molecule has 0 bridgehead atoms. The van der Waals surface area contributed by atoms with Gasteiger partial charge in [0.1, 0.15) is 55.6 Å². The van der Waals surface area contributed by atoms with Crippen LogP contribution in [0.2, 0.25) is 5.02 Å². The molecule has 3 atom stereocenters. The summed E-state index contributed by atoms with van der Waals surface area (Å²) in [5, 5.41) is 29.0. The van der Waals surface area contributed by atoms with Gasteiger partial charge in [0.15, 0.2) is 0 Å². The number of likely N-dealkylation sites (tertiary alicyclic amines) is 1. The summed E-state index contributed by atoms with van der Waals surface area (Å²) in [6.45, 7) is 17.4. The summed E-state index contributed by atoms with van der Waals surface area (Å²) in [6.07, 6.45) is -1.05. The van der Waals surface area contributed by atoms with Gasteiger partial charge in [-0.15, -0.1) is 11.3 Å². The zero-order valence-electron chi connectivity index (χ0n) is 39.4. The van der Waals surface area contributed by atoms with E-state index in [-0.39, 0.29) is 63.3 Å². The highest BCUT2D eigenvalue weighted by atomic mass is 35.5.